The molecule has 1 heterocycles. The number of rotatable bonds is 0. The lowest BCUT2D eigenvalue weighted by Gasteiger charge is -2.04. The molecule has 0 aliphatic carbocycles. The van der Waals surface area contributed by atoms with E-state index in [1.165, 1.54) is 16.2 Å². The summed E-state index contributed by atoms with van der Waals surface area (Å²) in [7, 11) is 0. The number of hydrogen-bond acceptors (Lipinski definition) is 1. The van der Waals surface area contributed by atoms with Crippen molar-refractivity contribution in [1.29, 1.82) is 0 Å². The Morgan fingerprint density at radius 1 is 0.938 bits per heavy atom. The monoisotopic (exact) mass is 275 g/mol. The molecule has 0 amide bonds. The number of pyridine rings is 1. The van der Waals surface area contributed by atoms with Gasteiger partial charge in [-0.3, -0.25) is 4.98 Å². The summed E-state index contributed by atoms with van der Waals surface area (Å²) < 4.78 is 1.10. The molecule has 3 heteroatoms. The van der Waals surface area contributed by atoms with E-state index in [9.17, 15) is 0 Å². The van der Waals surface area contributed by atoms with Gasteiger partial charge in [-0.15, -0.1) is 0 Å². The van der Waals surface area contributed by atoms with E-state index < -0.39 is 0 Å². The van der Waals surface area contributed by atoms with Crippen molar-refractivity contribution in [3.05, 3.63) is 53.1 Å². The average molecular weight is 276 g/mol. The molecular formula is C13H10BrNO. The summed E-state index contributed by atoms with van der Waals surface area (Å²) in [4.78, 5) is 4.44. The molecule has 0 spiro atoms. The van der Waals surface area contributed by atoms with Crippen LogP contribution in [-0.2, 0) is 0 Å². The predicted octanol–water partition coefficient (Wildman–Crippen LogP) is 3.33. The third kappa shape index (κ3) is 1.58. The molecular weight excluding hydrogens is 266 g/mol. The maximum absolute atomic E-state index is 4.44. The van der Waals surface area contributed by atoms with Crippen LogP contribution in [0.25, 0.3) is 21.7 Å². The molecule has 0 radical (unpaired) electrons. The van der Waals surface area contributed by atoms with Gasteiger partial charge >= 0.3 is 0 Å². The Kier molecular flexibility index (Phi) is 2.90. The van der Waals surface area contributed by atoms with Gasteiger partial charge < -0.3 is 5.48 Å². The van der Waals surface area contributed by atoms with E-state index in [1.54, 1.807) is 0 Å². The van der Waals surface area contributed by atoms with Crippen molar-refractivity contribution < 1.29 is 5.48 Å². The second-order valence-electron chi connectivity index (χ2n) is 3.48. The summed E-state index contributed by atoms with van der Waals surface area (Å²) in [6.07, 6.45) is 1.92. The molecule has 0 saturated carbocycles. The fourth-order valence-electron chi connectivity index (χ4n) is 1.86. The normalized spacial score (nSPS) is 10.3. The number of hydrogen-bond donors (Lipinski definition) is 0. The molecule has 2 aromatic carbocycles. The number of nitrogens with zero attached hydrogens (tertiary/aromatic N) is 1. The molecule has 3 aromatic rings. The average Bonchev–Trinajstić information content (AvgIpc) is 2.29. The molecule has 0 saturated heterocycles. The molecule has 16 heavy (non-hydrogen) atoms. The third-order valence-electron chi connectivity index (χ3n) is 2.56. The van der Waals surface area contributed by atoms with Crippen molar-refractivity contribution in [2.75, 3.05) is 0 Å². The first-order valence-corrected chi connectivity index (χ1v) is 5.57. The van der Waals surface area contributed by atoms with Gasteiger partial charge in [-0.1, -0.05) is 46.3 Å². The SMILES string of the molecule is Brc1cccc2ncc3ccccc3c12.O. The predicted molar refractivity (Wildman–Crippen MR) is 70.6 cm³/mol. The standard InChI is InChI=1S/C13H8BrN.H2O/c14-11-6-3-7-12-13(11)10-5-2-1-4-9(10)8-15-12;/h1-8H;1H2. The number of benzene rings is 2. The van der Waals surface area contributed by atoms with E-state index in [-0.39, 0.29) is 5.48 Å². The van der Waals surface area contributed by atoms with E-state index in [1.807, 2.05) is 24.4 Å². The zero-order valence-corrected chi connectivity index (χ0v) is 10.0. The van der Waals surface area contributed by atoms with Crippen LogP contribution in [0.3, 0.4) is 0 Å². The molecule has 0 unspecified atom stereocenters. The van der Waals surface area contributed by atoms with Gasteiger partial charge in [0, 0.05) is 21.4 Å². The van der Waals surface area contributed by atoms with Gasteiger partial charge in [-0.25, -0.2) is 0 Å². The molecule has 0 bridgehead atoms. The van der Waals surface area contributed by atoms with E-state index in [0.717, 1.165) is 9.99 Å². The summed E-state index contributed by atoms with van der Waals surface area (Å²) in [6.45, 7) is 0. The van der Waals surface area contributed by atoms with Crippen LogP contribution in [-0.4, -0.2) is 10.5 Å². The Hall–Kier alpha value is -1.45. The van der Waals surface area contributed by atoms with Crippen LogP contribution < -0.4 is 0 Å². The first kappa shape index (κ1) is 11.0. The first-order valence-electron chi connectivity index (χ1n) is 4.78. The van der Waals surface area contributed by atoms with Gasteiger partial charge in [0.2, 0.25) is 0 Å². The molecule has 0 aliphatic heterocycles. The van der Waals surface area contributed by atoms with Crippen molar-refractivity contribution in [3.8, 4) is 0 Å². The van der Waals surface area contributed by atoms with Gasteiger partial charge in [-0.05, 0) is 17.5 Å². The van der Waals surface area contributed by atoms with Crippen LogP contribution >= 0.6 is 15.9 Å². The van der Waals surface area contributed by atoms with Crippen LogP contribution in [0.5, 0.6) is 0 Å². The number of fused-ring (bicyclic) bond motifs is 3. The van der Waals surface area contributed by atoms with Gasteiger partial charge in [0.1, 0.15) is 0 Å². The van der Waals surface area contributed by atoms with Crippen molar-refractivity contribution in [1.82, 2.24) is 4.98 Å². The van der Waals surface area contributed by atoms with Crippen molar-refractivity contribution >= 4 is 37.6 Å². The minimum absolute atomic E-state index is 0. The highest BCUT2D eigenvalue weighted by molar-refractivity contribution is 9.10. The highest BCUT2D eigenvalue weighted by Crippen LogP contribution is 2.29. The molecule has 0 atom stereocenters. The van der Waals surface area contributed by atoms with Gasteiger partial charge in [0.15, 0.2) is 0 Å². The summed E-state index contributed by atoms with van der Waals surface area (Å²) >= 11 is 3.58. The first-order chi connectivity index (χ1) is 7.36. The molecule has 3 rings (SSSR count). The molecule has 2 nitrogen and oxygen atoms in total. The Morgan fingerprint density at radius 3 is 2.62 bits per heavy atom. The summed E-state index contributed by atoms with van der Waals surface area (Å²) in [6, 6.07) is 14.4. The molecule has 0 fully saturated rings. The van der Waals surface area contributed by atoms with Crippen LogP contribution in [0, 0.1) is 0 Å². The number of halogens is 1. The van der Waals surface area contributed by atoms with Crippen LogP contribution in [0.4, 0.5) is 0 Å². The molecule has 2 N–H and O–H groups in total. The zero-order chi connectivity index (χ0) is 10.3. The highest BCUT2D eigenvalue weighted by atomic mass is 79.9. The minimum Gasteiger partial charge on any atom is -0.412 e. The smallest absolute Gasteiger partial charge is 0.0719 e. The Morgan fingerprint density at radius 2 is 1.75 bits per heavy atom. The maximum atomic E-state index is 4.44. The van der Waals surface area contributed by atoms with Crippen LogP contribution in [0.2, 0.25) is 0 Å². The maximum Gasteiger partial charge on any atom is 0.0719 e. The van der Waals surface area contributed by atoms with E-state index in [0.29, 0.717) is 0 Å². The topological polar surface area (TPSA) is 44.4 Å². The lowest BCUT2D eigenvalue weighted by atomic mass is 10.1. The van der Waals surface area contributed by atoms with Gasteiger partial charge in [-0.2, -0.15) is 0 Å². The Balaban J connectivity index is 0.000000963. The van der Waals surface area contributed by atoms with Crippen molar-refractivity contribution in [2.24, 2.45) is 0 Å². The second-order valence-corrected chi connectivity index (χ2v) is 4.33. The molecule has 80 valence electrons. The van der Waals surface area contributed by atoms with Crippen molar-refractivity contribution in [3.63, 3.8) is 0 Å². The van der Waals surface area contributed by atoms with Crippen LogP contribution in [0.15, 0.2) is 53.1 Å². The zero-order valence-electron chi connectivity index (χ0n) is 8.44. The summed E-state index contributed by atoms with van der Waals surface area (Å²) in [5, 5.41) is 3.61. The second kappa shape index (κ2) is 4.20. The largest absolute Gasteiger partial charge is 0.412 e. The van der Waals surface area contributed by atoms with E-state index >= 15 is 0 Å². The molecule has 1 aromatic heterocycles. The summed E-state index contributed by atoms with van der Waals surface area (Å²) in [5.74, 6) is 0. The molecule has 0 aliphatic rings. The Labute approximate surface area is 101 Å². The number of aromatic nitrogens is 1. The van der Waals surface area contributed by atoms with Gasteiger partial charge in [0.05, 0.1) is 5.52 Å². The lowest BCUT2D eigenvalue weighted by Crippen LogP contribution is -1.82. The van der Waals surface area contributed by atoms with Crippen molar-refractivity contribution in [2.45, 2.75) is 0 Å². The quantitative estimate of drug-likeness (QED) is 0.581. The lowest BCUT2D eigenvalue weighted by molar-refractivity contribution is 0.824. The summed E-state index contributed by atoms with van der Waals surface area (Å²) in [5.41, 5.74) is 1.03. The fourth-order valence-corrected chi connectivity index (χ4v) is 2.43. The highest BCUT2D eigenvalue weighted by Gasteiger charge is 2.03. The minimum atomic E-state index is 0. The Bertz CT molecular complexity index is 652. The van der Waals surface area contributed by atoms with Crippen LogP contribution in [0.1, 0.15) is 0 Å². The van der Waals surface area contributed by atoms with Gasteiger partial charge in [0.25, 0.3) is 0 Å². The fraction of sp³-hybridized carbons (Fsp3) is 0. The third-order valence-corrected chi connectivity index (χ3v) is 3.23. The van der Waals surface area contributed by atoms with E-state index in [4.69, 9.17) is 0 Å². The van der Waals surface area contributed by atoms with E-state index in [2.05, 4.69) is 45.2 Å².